The lowest BCUT2D eigenvalue weighted by molar-refractivity contribution is -0.132. The molecule has 1 unspecified atom stereocenters. The number of nitrogens with zero attached hydrogens (tertiary/aromatic N) is 1. The first-order chi connectivity index (χ1) is 14.1. The third kappa shape index (κ3) is 3.27. The molecule has 1 saturated heterocycles. The summed E-state index contributed by atoms with van der Waals surface area (Å²) in [6, 6.07) is 24.1. The molecule has 1 fully saturated rings. The molecule has 0 spiro atoms. The van der Waals surface area contributed by atoms with Crippen LogP contribution in [0.25, 0.3) is 5.76 Å². The molecule has 5 heteroatoms. The van der Waals surface area contributed by atoms with Crippen molar-refractivity contribution < 1.29 is 19.4 Å². The van der Waals surface area contributed by atoms with Gasteiger partial charge in [-0.2, -0.15) is 0 Å². The summed E-state index contributed by atoms with van der Waals surface area (Å²) in [5.41, 5.74) is 1.78. The molecule has 1 N–H and O–H groups in total. The number of anilines is 1. The Bertz CT molecular complexity index is 1090. The molecule has 1 atom stereocenters. The van der Waals surface area contributed by atoms with Crippen molar-refractivity contribution in [2.24, 2.45) is 0 Å². The Morgan fingerprint density at radius 3 is 2.21 bits per heavy atom. The largest absolute Gasteiger partial charge is 0.507 e. The highest BCUT2D eigenvalue weighted by Crippen LogP contribution is 2.42. The summed E-state index contributed by atoms with van der Waals surface area (Å²) in [5, 5.41) is 11.0. The molecule has 0 aromatic heterocycles. The van der Waals surface area contributed by atoms with Crippen LogP contribution in [0.5, 0.6) is 5.75 Å². The number of hydrogen-bond acceptors (Lipinski definition) is 4. The van der Waals surface area contributed by atoms with Crippen LogP contribution in [0.15, 0.2) is 90.5 Å². The maximum absolute atomic E-state index is 13.0. The first-order valence-corrected chi connectivity index (χ1v) is 9.17. The number of amides is 1. The molecule has 3 aromatic rings. The summed E-state index contributed by atoms with van der Waals surface area (Å²) < 4.78 is 5.32. The molecule has 1 aliphatic rings. The van der Waals surface area contributed by atoms with Crippen molar-refractivity contribution >= 4 is 23.1 Å². The average Bonchev–Trinajstić information content (AvgIpc) is 3.05. The average molecular weight is 385 g/mol. The van der Waals surface area contributed by atoms with Gasteiger partial charge in [-0.3, -0.25) is 14.5 Å². The number of Topliss-reactive ketones (excluding diaryl/α,β-unsaturated/α-hetero) is 1. The van der Waals surface area contributed by atoms with Crippen LogP contribution < -0.4 is 9.64 Å². The Morgan fingerprint density at radius 1 is 0.897 bits per heavy atom. The number of ether oxygens (including phenoxy) is 1. The monoisotopic (exact) mass is 385 g/mol. The zero-order chi connectivity index (χ0) is 20.4. The lowest BCUT2D eigenvalue weighted by Gasteiger charge is -2.25. The van der Waals surface area contributed by atoms with Crippen LogP contribution in [-0.2, 0) is 9.59 Å². The number of aliphatic hydroxyl groups excluding tert-OH is 1. The minimum Gasteiger partial charge on any atom is -0.507 e. The maximum Gasteiger partial charge on any atom is 0.300 e. The van der Waals surface area contributed by atoms with E-state index in [1.165, 1.54) is 4.90 Å². The van der Waals surface area contributed by atoms with Crippen LogP contribution in [-0.4, -0.2) is 23.9 Å². The second-order valence-corrected chi connectivity index (χ2v) is 6.65. The molecular weight excluding hydrogens is 366 g/mol. The molecule has 1 aliphatic heterocycles. The molecule has 144 valence electrons. The van der Waals surface area contributed by atoms with Gasteiger partial charge in [0, 0.05) is 11.3 Å². The van der Waals surface area contributed by atoms with Crippen LogP contribution in [0.3, 0.4) is 0 Å². The van der Waals surface area contributed by atoms with E-state index in [1.54, 1.807) is 73.8 Å². The minimum atomic E-state index is -0.771. The number of carbonyl (C=O) groups is 2. The van der Waals surface area contributed by atoms with Crippen molar-refractivity contribution in [3.05, 3.63) is 102 Å². The topological polar surface area (TPSA) is 66.8 Å². The Kier molecular flexibility index (Phi) is 4.87. The molecule has 3 aromatic carbocycles. The van der Waals surface area contributed by atoms with Crippen molar-refractivity contribution in [3.8, 4) is 5.75 Å². The second-order valence-electron chi connectivity index (χ2n) is 6.65. The van der Waals surface area contributed by atoms with Gasteiger partial charge in [0.25, 0.3) is 11.7 Å². The molecule has 1 heterocycles. The van der Waals surface area contributed by atoms with Crippen molar-refractivity contribution in [2.75, 3.05) is 12.0 Å². The van der Waals surface area contributed by atoms with Crippen LogP contribution >= 0.6 is 0 Å². The van der Waals surface area contributed by atoms with Crippen LogP contribution in [0.1, 0.15) is 17.2 Å². The zero-order valence-electron chi connectivity index (χ0n) is 15.8. The molecule has 4 rings (SSSR count). The normalized spacial score (nSPS) is 18.1. The lowest BCUT2D eigenvalue weighted by atomic mass is 9.95. The van der Waals surface area contributed by atoms with E-state index >= 15 is 0 Å². The van der Waals surface area contributed by atoms with E-state index in [1.807, 2.05) is 18.2 Å². The Morgan fingerprint density at radius 2 is 1.55 bits per heavy atom. The van der Waals surface area contributed by atoms with Crippen molar-refractivity contribution in [1.82, 2.24) is 0 Å². The fourth-order valence-electron chi connectivity index (χ4n) is 3.57. The van der Waals surface area contributed by atoms with Crippen LogP contribution in [0.2, 0.25) is 0 Å². The number of carbonyl (C=O) groups excluding carboxylic acids is 2. The number of para-hydroxylation sites is 1. The van der Waals surface area contributed by atoms with E-state index in [-0.39, 0.29) is 11.3 Å². The summed E-state index contributed by atoms with van der Waals surface area (Å²) >= 11 is 0. The van der Waals surface area contributed by atoms with Gasteiger partial charge in [-0.05, 0) is 29.8 Å². The highest BCUT2D eigenvalue weighted by atomic mass is 16.5. The van der Waals surface area contributed by atoms with E-state index < -0.39 is 17.7 Å². The summed E-state index contributed by atoms with van der Waals surface area (Å²) in [7, 11) is 1.55. The summed E-state index contributed by atoms with van der Waals surface area (Å²) in [4.78, 5) is 27.4. The van der Waals surface area contributed by atoms with E-state index in [9.17, 15) is 14.7 Å². The molecule has 0 radical (unpaired) electrons. The van der Waals surface area contributed by atoms with Crippen molar-refractivity contribution in [2.45, 2.75) is 6.04 Å². The van der Waals surface area contributed by atoms with Gasteiger partial charge in [0.1, 0.15) is 11.5 Å². The zero-order valence-corrected chi connectivity index (χ0v) is 15.8. The molecule has 5 nitrogen and oxygen atoms in total. The Labute approximate surface area is 168 Å². The number of benzene rings is 3. The molecule has 0 bridgehead atoms. The van der Waals surface area contributed by atoms with Gasteiger partial charge in [-0.25, -0.2) is 0 Å². The predicted octanol–water partition coefficient (Wildman–Crippen LogP) is 4.32. The summed E-state index contributed by atoms with van der Waals surface area (Å²) in [6.45, 7) is 0. The number of hydrogen-bond donors (Lipinski definition) is 1. The van der Waals surface area contributed by atoms with Gasteiger partial charge in [-0.1, -0.05) is 60.7 Å². The van der Waals surface area contributed by atoms with Crippen molar-refractivity contribution in [3.63, 3.8) is 0 Å². The van der Waals surface area contributed by atoms with Gasteiger partial charge in [0.05, 0.1) is 18.7 Å². The molecular formula is C24H19NO4. The van der Waals surface area contributed by atoms with Crippen LogP contribution in [0.4, 0.5) is 5.69 Å². The highest BCUT2D eigenvalue weighted by Gasteiger charge is 2.47. The number of aliphatic hydroxyl groups is 1. The van der Waals surface area contributed by atoms with E-state index in [0.717, 1.165) is 0 Å². The summed E-state index contributed by atoms with van der Waals surface area (Å²) in [6.07, 6.45) is 0. The van der Waals surface area contributed by atoms with Gasteiger partial charge < -0.3 is 9.84 Å². The standard InChI is InChI=1S/C24H19NO4/c1-29-19-14-8-11-17(15-19)21-20(22(26)16-9-4-2-5-10-16)23(27)24(28)25(21)18-12-6-3-7-13-18/h2-15,21,26H,1H3/b22-20-. The molecule has 0 aliphatic carbocycles. The number of ketones is 1. The van der Waals surface area contributed by atoms with E-state index in [2.05, 4.69) is 0 Å². The van der Waals surface area contributed by atoms with Gasteiger partial charge >= 0.3 is 0 Å². The van der Waals surface area contributed by atoms with Crippen molar-refractivity contribution in [1.29, 1.82) is 0 Å². The lowest BCUT2D eigenvalue weighted by Crippen LogP contribution is -2.29. The smallest absolute Gasteiger partial charge is 0.300 e. The van der Waals surface area contributed by atoms with E-state index in [4.69, 9.17) is 4.74 Å². The first kappa shape index (κ1) is 18.5. The SMILES string of the molecule is COc1cccc(C2/C(=C(/O)c3ccccc3)C(=O)C(=O)N2c2ccccc2)c1. The molecule has 29 heavy (non-hydrogen) atoms. The van der Waals surface area contributed by atoms with Gasteiger partial charge in [0.15, 0.2) is 0 Å². The highest BCUT2D eigenvalue weighted by molar-refractivity contribution is 6.51. The van der Waals surface area contributed by atoms with E-state index in [0.29, 0.717) is 22.6 Å². The third-order valence-corrected chi connectivity index (χ3v) is 4.94. The Balaban J connectivity index is 1.96. The van der Waals surface area contributed by atoms with Gasteiger partial charge in [-0.15, -0.1) is 0 Å². The second kappa shape index (κ2) is 7.64. The molecule has 1 amide bonds. The van der Waals surface area contributed by atoms with Crippen LogP contribution in [0, 0.1) is 0 Å². The third-order valence-electron chi connectivity index (χ3n) is 4.94. The number of methoxy groups -OCH3 is 1. The first-order valence-electron chi connectivity index (χ1n) is 9.17. The minimum absolute atomic E-state index is 0.0540. The fraction of sp³-hybridized carbons (Fsp3) is 0.0833. The quantitative estimate of drug-likeness (QED) is 0.413. The van der Waals surface area contributed by atoms with Gasteiger partial charge in [0.2, 0.25) is 0 Å². The number of rotatable bonds is 4. The fourth-order valence-corrected chi connectivity index (χ4v) is 3.57. The predicted molar refractivity (Wildman–Crippen MR) is 111 cm³/mol. The summed E-state index contributed by atoms with van der Waals surface area (Å²) in [5.74, 6) is -0.999. The Hall–Kier alpha value is -3.86. The molecule has 0 saturated carbocycles. The maximum atomic E-state index is 13.0.